The Bertz CT molecular complexity index is 890. The summed E-state index contributed by atoms with van der Waals surface area (Å²) in [6.07, 6.45) is 4.59. The van der Waals surface area contributed by atoms with E-state index in [2.05, 4.69) is 10.6 Å². The lowest BCUT2D eigenvalue weighted by Gasteiger charge is -2.32. The van der Waals surface area contributed by atoms with Gasteiger partial charge in [0, 0.05) is 25.3 Å². The lowest BCUT2D eigenvalue weighted by Crippen LogP contribution is -2.42. The Balaban J connectivity index is 1.18. The van der Waals surface area contributed by atoms with Gasteiger partial charge in [0.05, 0.1) is 5.41 Å². The summed E-state index contributed by atoms with van der Waals surface area (Å²) >= 11 is 0. The van der Waals surface area contributed by atoms with E-state index in [9.17, 15) is 14.0 Å². The molecule has 0 radical (unpaired) electrons. The van der Waals surface area contributed by atoms with Crippen molar-refractivity contribution in [2.75, 3.05) is 25.0 Å². The molecule has 158 valence electrons. The van der Waals surface area contributed by atoms with Crippen LogP contribution >= 0.6 is 0 Å². The largest absolute Gasteiger partial charge is 0.355 e. The van der Waals surface area contributed by atoms with E-state index in [1.165, 1.54) is 12.1 Å². The van der Waals surface area contributed by atoms with E-state index in [0.717, 1.165) is 37.7 Å². The van der Waals surface area contributed by atoms with Gasteiger partial charge in [-0.05, 0) is 61.8 Å². The summed E-state index contributed by atoms with van der Waals surface area (Å²) in [5.41, 5.74) is 1.26. The first kappa shape index (κ1) is 20.4. The minimum atomic E-state index is -0.367. The molecule has 0 bridgehead atoms. The standard InChI is InChI=1S/C24H28FN3O2/c25-20-7-4-8-21(17-20)27-23(30)28-15-10-18(11-16-28)9-14-26-22(29)24(12-13-24)19-5-2-1-3-6-19/h1-8,17-18H,9-16H2,(H,26,29)(H,27,30). The zero-order chi connectivity index (χ0) is 21.0. The van der Waals surface area contributed by atoms with E-state index in [-0.39, 0.29) is 23.2 Å². The molecule has 2 fully saturated rings. The Morgan fingerprint density at radius 2 is 1.77 bits per heavy atom. The number of urea groups is 1. The predicted octanol–water partition coefficient (Wildman–Crippen LogP) is 4.31. The molecule has 2 aliphatic rings. The van der Waals surface area contributed by atoms with Gasteiger partial charge in [-0.1, -0.05) is 36.4 Å². The smallest absolute Gasteiger partial charge is 0.321 e. The summed E-state index contributed by atoms with van der Waals surface area (Å²) in [6, 6.07) is 15.8. The second-order valence-electron chi connectivity index (χ2n) is 8.36. The zero-order valence-electron chi connectivity index (χ0n) is 17.1. The first-order valence-electron chi connectivity index (χ1n) is 10.7. The van der Waals surface area contributed by atoms with Crippen molar-refractivity contribution >= 4 is 17.6 Å². The highest BCUT2D eigenvalue weighted by Gasteiger charge is 2.50. The molecule has 30 heavy (non-hydrogen) atoms. The van der Waals surface area contributed by atoms with Crippen molar-refractivity contribution in [1.82, 2.24) is 10.2 Å². The van der Waals surface area contributed by atoms with Crippen molar-refractivity contribution in [2.24, 2.45) is 5.92 Å². The number of hydrogen-bond acceptors (Lipinski definition) is 2. The molecule has 4 rings (SSSR count). The number of nitrogens with zero attached hydrogens (tertiary/aromatic N) is 1. The van der Waals surface area contributed by atoms with Crippen LogP contribution in [0.2, 0.25) is 0 Å². The SMILES string of the molecule is O=C(Nc1cccc(F)c1)N1CCC(CCNC(=O)C2(c3ccccc3)CC2)CC1. The van der Waals surface area contributed by atoms with E-state index >= 15 is 0 Å². The van der Waals surface area contributed by atoms with Crippen LogP contribution < -0.4 is 10.6 Å². The molecule has 3 amide bonds. The Morgan fingerprint density at radius 1 is 1.03 bits per heavy atom. The molecule has 1 aliphatic heterocycles. The number of likely N-dealkylation sites (tertiary alicyclic amines) is 1. The van der Waals surface area contributed by atoms with Crippen LogP contribution in [0.3, 0.4) is 0 Å². The molecule has 1 heterocycles. The number of nitrogens with one attached hydrogen (secondary N) is 2. The van der Waals surface area contributed by atoms with Crippen molar-refractivity contribution in [3.8, 4) is 0 Å². The van der Waals surface area contributed by atoms with Crippen LogP contribution in [-0.4, -0.2) is 36.5 Å². The molecule has 0 atom stereocenters. The molecule has 5 nitrogen and oxygen atoms in total. The zero-order valence-corrected chi connectivity index (χ0v) is 17.1. The van der Waals surface area contributed by atoms with Gasteiger partial charge in [0.25, 0.3) is 0 Å². The first-order chi connectivity index (χ1) is 14.6. The lowest BCUT2D eigenvalue weighted by molar-refractivity contribution is -0.123. The van der Waals surface area contributed by atoms with Gasteiger partial charge in [0.15, 0.2) is 0 Å². The summed E-state index contributed by atoms with van der Waals surface area (Å²) in [4.78, 5) is 26.9. The van der Waals surface area contributed by atoms with Gasteiger partial charge in [-0.2, -0.15) is 0 Å². The Labute approximate surface area is 176 Å². The van der Waals surface area contributed by atoms with Gasteiger partial charge in [-0.3, -0.25) is 4.79 Å². The highest BCUT2D eigenvalue weighted by molar-refractivity contribution is 5.91. The third kappa shape index (κ3) is 4.64. The van der Waals surface area contributed by atoms with Crippen molar-refractivity contribution < 1.29 is 14.0 Å². The van der Waals surface area contributed by atoms with Crippen LogP contribution in [0.5, 0.6) is 0 Å². The van der Waals surface area contributed by atoms with E-state index in [1.54, 1.807) is 17.0 Å². The summed E-state index contributed by atoms with van der Waals surface area (Å²) in [6.45, 7) is 2.02. The maximum absolute atomic E-state index is 13.3. The van der Waals surface area contributed by atoms with Crippen molar-refractivity contribution in [3.63, 3.8) is 0 Å². The van der Waals surface area contributed by atoms with E-state index in [0.29, 0.717) is 31.2 Å². The van der Waals surface area contributed by atoms with Crippen molar-refractivity contribution in [3.05, 3.63) is 66.0 Å². The average molecular weight is 410 g/mol. The maximum Gasteiger partial charge on any atom is 0.321 e. The normalized spacial score (nSPS) is 18.0. The number of halogens is 1. The van der Waals surface area contributed by atoms with Crippen LogP contribution in [0.1, 0.15) is 37.7 Å². The number of carbonyl (C=O) groups excluding carboxylic acids is 2. The molecule has 0 spiro atoms. The van der Waals surface area contributed by atoms with Crippen LogP contribution in [0.4, 0.5) is 14.9 Å². The maximum atomic E-state index is 13.3. The monoisotopic (exact) mass is 409 g/mol. The topological polar surface area (TPSA) is 61.4 Å². The molecule has 2 aromatic carbocycles. The number of benzene rings is 2. The Hall–Kier alpha value is -2.89. The number of amides is 3. The molecule has 2 N–H and O–H groups in total. The number of anilines is 1. The van der Waals surface area contributed by atoms with Crippen LogP contribution in [-0.2, 0) is 10.2 Å². The summed E-state index contributed by atoms with van der Waals surface area (Å²) < 4.78 is 13.3. The number of hydrogen-bond donors (Lipinski definition) is 2. The van der Waals surface area contributed by atoms with Gasteiger partial charge >= 0.3 is 6.03 Å². The molecule has 6 heteroatoms. The number of rotatable bonds is 6. The van der Waals surface area contributed by atoms with Gasteiger partial charge in [0.2, 0.25) is 5.91 Å². The summed E-state index contributed by atoms with van der Waals surface area (Å²) in [7, 11) is 0. The van der Waals surface area contributed by atoms with E-state index in [4.69, 9.17) is 0 Å². The quantitative estimate of drug-likeness (QED) is 0.747. The van der Waals surface area contributed by atoms with E-state index < -0.39 is 0 Å². The average Bonchev–Trinajstić information content (AvgIpc) is 3.57. The van der Waals surface area contributed by atoms with Crippen LogP contribution in [0.15, 0.2) is 54.6 Å². The molecular formula is C24H28FN3O2. The molecule has 2 aromatic rings. The number of piperidine rings is 1. The van der Waals surface area contributed by atoms with E-state index in [1.807, 2.05) is 30.3 Å². The van der Waals surface area contributed by atoms with Crippen molar-refractivity contribution in [1.29, 1.82) is 0 Å². The fraction of sp³-hybridized carbons (Fsp3) is 0.417. The molecule has 1 aliphatic carbocycles. The van der Waals surface area contributed by atoms with Gasteiger partial charge in [-0.25, -0.2) is 9.18 Å². The Kier molecular flexibility index (Phi) is 6.02. The highest BCUT2D eigenvalue weighted by Crippen LogP contribution is 2.48. The first-order valence-corrected chi connectivity index (χ1v) is 10.7. The lowest BCUT2D eigenvalue weighted by atomic mass is 9.92. The number of carbonyl (C=O) groups is 2. The predicted molar refractivity (Wildman–Crippen MR) is 115 cm³/mol. The minimum Gasteiger partial charge on any atom is -0.355 e. The summed E-state index contributed by atoms with van der Waals surface area (Å²) in [5, 5.41) is 5.89. The van der Waals surface area contributed by atoms with Gasteiger partial charge in [-0.15, -0.1) is 0 Å². The molecule has 1 saturated heterocycles. The Morgan fingerprint density at radius 3 is 2.43 bits per heavy atom. The van der Waals surface area contributed by atoms with Gasteiger partial charge in [0.1, 0.15) is 5.82 Å². The fourth-order valence-electron chi connectivity index (χ4n) is 4.28. The molecule has 1 saturated carbocycles. The third-order valence-corrected chi connectivity index (χ3v) is 6.33. The second-order valence-corrected chi connectivity index (χ2v) is 8.36. The van der Waals surface area contributed by atoms with Crippen LogP contribution in [0.25, 0.3) is 0 Å². The molecule has 0 unspecified atom stereocenters. The molecular weight excluding hydrogens is 381 g/mol. The summed E-state index contributed by atoms with van der Waals surface area (Å²) in [5.74, 6) is 0.268. The molecule has 0 aromatic heterocycles. The second kappa shape index (κ2) is 8.86. The van der Waals surface area contributed by atoms with Gasteiger partial charge < -0.3 is 15.5 Å². The van der Waals surface area contributed by atoms with Crippen molar-refractivity contribution in [2.45, 2.75) is 37.5 Å². The minimum absolute atomic E-state index is 0.139. The van der Waals surface area contributed by atoms with Crippen LogP contribution in [0, 0.1) is 11.7 Å². The fourth-order valence-corrected chi connectivity index (χ4v) is 4.28. The highest BCUT2D eigenvalue weighted by atomic mass is 19.1. The third-order valence-electron chi connectivity index (χ3n) is 6.33.